The Kier molecular flexibility index (Phi) is 5.60. The lowest BCUT2D eigenvalue weighted by Crippen LogP contribution is -2.47. The number of para-hydroxylation sites is 2. The molecule has 7 nitrogen and oxygen atoms in total. The molecular weight excluding hydrogens is 354 g/mol. The quantitative estimate of drug-likeness (QED) is 0.858. The second-order valence-electron chi connectivity index (χ2n) is 7.36. The fourth-order valence-electron chi connectivity index (χ4n) is 4.00. The molecule has 1 aliphatic carbocycles. The van der Waals surface area contributed by atoms with E-state index in [9.17, 15) is 4.79 Å². The molecule has 1 saturated heterocycles. The number of hydrogen-bond donors (Lipinski definition) is 1. The van der Waals surface area contributed by atoms with Crippen LogP contribution >= 0.6 is 0 Å². The van der Waals surface area contributed by atoms with Crippen molar-refractivity contribution in [1.29, 1.82) is 0 Å². The normalized spacial score (nSPS) is 17.6. The van der Waals surface area contributed by atoms with Gasteiger partial charge in [0.2, 0.25) is 0 Å². The van der Waals surface area contributed by atoms with Gasteiger partial charge in [-0.15, -0.1) is 0 Å². The lowest BCUT2D eigenvalue weighted by atomic mass is 10.2. The molecule has 2 aliphatic rings. The van der Waals surface area contributed by atoms with E-state index in [1.807, 2.05) is 18.2 Å². The SMILES string of the molecule is COc1ccccc1N1CCN(c2cnc(C(=O)NC3CCCC3)cn2)CC1. The number of hydrogen-bond acceptors (Lipinski definition) is 6. The van der Waals surface area contributed by atoms with Gasteiger partial charge < -0.3 is 19.9 Å². The van der Waals surface area contributed by atoms with Crippen molar-refractivity contribution in [3.8, 4) is 5.75 Å². The van der Waals surface area contributed by atoms with E-state index >= 15 is 0 Å². The van der Waals surface area contributed by atoms with Crippen LogP contribution in [0.15, 0.2) is 36.7 Å². The van der Waals surface area contributed by atoms with Gasteiger partial charge in [-0.05, 0) is 25.0 Å². The first-order valence-corrected chi connectivity index (χ1v) is 10.0. The Morgan fingerprint density at radius 1 is 1.04 bits per heavy atom. The van der Waals surface area contributed by atoms with Gasteiger partial charge in [0.25, 0.3) is 5.91 Å². The average molecular weight is 381 g/mol. The number of benzene rings is 1. The summed E-state index contributed by atoms with van der Waals surface area (Å²) >= 11 is 0. The molecule has 1 amide bonds. The van der Waals surface area contributed by atoms with Gasteiger partial charge >= 0.3 is 0 Å². The summed E-state index contributed by atoms with van der Waals surface area (Å²) < 4.78 is 5.48. The highest BCUT2D eigenvalue weighted by Crippen LogP contribution is 2.28. The fourth-order valence-corrected chi connectivity index (χ4v) is 4.00. The lowest BCUT2D eigenvalue weighted by Gasteiger charge is -2.37. The number of nitrogens with one attached hydrogen (secondary N) is 1. The predicted octanol–water partition coefficient (Wildman–Crippen LogP) is 2.48. The minimum Gasteiger partial charge on any atom is -0.495 e. The molecule has 2 heterocycles. The monoisotopic (exact) mass is 381 g/mol. The van der Waals surface area contributed by atoms with Gasteiger partial charge in [0.1, 0.15) is 17.3 Å². The van der Waals surface area contributed by atoms with Gasteiger partial charge in [0.05, 0.1) is 25.2 Å². The molecule has 4 rings (SSSR count). The van der Waals surface area contributed by atoms with Crippen LogP contribution in [0.25, 0.3) is 0 Å². The topological polar surface area (TPSA) is 70.6 Å². The van der Waals surface area contributed by atoms with Crippen molar-refractivity contribution in [2.45, 2.75) is 31.7 Å². The van der Waals surface area contributed by atoms with Crippen molar-refractivity contribution in [1.82, 2.24) is 15.3 Å². The van der Waals surface area contributed by atoms with Gasteiger partial charge in [0, 0.05) is 32.2 Å². The second kappa shape index (κ2) is 8.46. The van der Waals surface area contributed by atoms with E-state index in [-0.39, 0.29) is 11.9 Å². The maximum atomic E-state index is 12.3. The van der Waals surface area contributed by atoms with E-state index in [0.29, 0.717) is 5.69 Å². The van der Waals surface area contributed by atoms with E-state index in [0.717, 1.165) is 56.3 Å². The van der Waals surface area contributed by atoms with Crippen LogP contribution in [0, 0.1) is 0 Å². The Bertz CT molecular complexity index is 797. The van der Waals surface area contributed by atoms with E-state index in [4.69, 9.17) is 4.74 Å². The largest absolute Gasteiger partial charge is 0.495 e. The van der Waals surface area contributed by atoms with Crippen LogP contribution < -0.4 is 19.9 Å². The van der Waals surface area contributed by atoms with Crippen molar-refractivity contribution < 1.29 is 9.53 Å². The lowest BCUT2D eigenvalue weighted by molar-refractivity contribution is 0.0932. The summed E-state index contributed by atoms with van der Waals surface area (Å²) in [5.41, 5.74) is 1.51. The van der Waals surface area contributed by atoms with Crippen LogP contribution in [-0.2, 0) is 0 Å². The van der Waals surface area contributed by atoms with Crippen LogP contribution in [0.4, 0.5) is 11.5 Å². The van der Waals surface area contributed by atoms with Gasteiger partial charge in [-0.3, -0.25) is 4.79 Å². The minimum absolute atomic E-state index is 0.119. The van der Waals surface area contributed by atoms with Crippen LogP contribution in [0.5, 0.6) is 5.75 Å². The first-order valence-electron chi connectivity index (χ1n) is 10.0. The Morgan fingerprint density at radius 3 is 2.43 bits per heavy atom. The highest BCUT2D eigenvalue weighted by molar-refractivity contribution is 5.92. The standard InChI is InChI=1S/C21H27N5O2/c1-28-19-9-5-4-8-18(19)25-10-12-26(13-11-25)20-15-22-17(14-23-20)21(27)24-16-6-2-3-7-16/h4-5,8-9,14-16H,2-3,6-7,10-13H2,1H3,(H,24,27). The van der Waals surface area contributed by atoms with Crippen molar-refractivity contribution in [2.24, 2.45) is 0 Å². The molecule has 1 aliphatic heterocycles. The van der Waals surface area contributed by atoms with Crippen LogP contribution in [-0.4, -0.2) is 55.2 Å². The van der Waals surface area contributed by atoms with Crippen molar-refractivity contribution in [2.75, 3.05) is 43.1 Å². The summed E-state index contributed by atoms with van der Waals surface area (Å²) in [6, 6.07) is 8.38. The number of anilines is 2. The molecule has 2 fully saturated rings. The molecule has 148 valence electrons. The van der Waals surface area contributed by atoms with E-state index < -0.39 is 0 Å². The first-order chi connectivity index (χ1) is 13.7. The van der Waals surface area contributed by atoms with E-state index in [1.165, 1.54) is 12.8 Å². The molecule has 1 aromatic carbocycles. The summed E-state index contributed by atoms with van der Waals surface area (Å²) in [6.45, 7) is 3.46. The molecule has 0 bridgehead atoms. The second-order valence-corrected chi connectivity index (χ2v) is 7.36. The molecule has 0 spiro atoms. The number of methoxy groups -OCH3 is 1. The number of ether oxygens (including phenoxy) is 1. The summed E-state index contributed by atoms with van der Waals surface area (Å²) in [5.74, 6) is 1.59. The molecule has 0 unspecified atom stereocenters. The number of amides is 1. The van der Waals surface area contributed by atoms with Gasteiger partial charge in [0.15, 0.2) is 0 Å². The molecule has 0 radical (unpaired) electrons. The molecule has 1 saturated carbocycles. The van der Waals surface area contributed by atoms with Gasteiger partial charge in [-0.1, -0.05) is 25.0 Å². The summed E-state index contributed by atoms with van der Waals surface area (Å²) in [4.78, 5) is 25.7. The number of piperazine rings is 1. The third kappa shape index (κ3) is 4.03. The van der Waals surface area contributed by atoms with Crippen LogP contribution in [0.1, 0.15) is 36.2 Å². The maximum absolute atomic E-state index is 12.3. The number of carbonyl (C=O) groups is 1. The summed E-state index contributed by atoms with van der Waals surface area (Å²) in [6.07, 6.45) is 7.81. The zero-order chi connectivity index (χ0) is 19.3. The highest BCUT2D eigenvalue weighted by atomic mass is 16.5. The van der Waals surface area contributed by atoms with Crippen molar-refractivity contribution in [3.05, 3.63) is 42.4 Å². The molecular formula is C21H27N5O2. The molecule has 1 aromatic heterocycles. The third-order valence-corrected chi connectivity index (χ3v) is 5.59. The minimum atomic E-state index is -0.119. The smallest absolute Gasteiger partial charge is 0.271 e. The Labute approximate surface area is 165 Å². The Hall–Kier alpha value is -2.83. The van der Waals surface area contributed by atoms with Gasteiger partial charge in [-0.2, -0.15) is 0 Å². The van der Waals surface area contributed by atoms with Crippen LogP contribution in [0.3, 0.4) is 0 Å². The van der Waals surface area contributed by atoms with Crippen LogP contribution in [0.2, 0.25) is 0 Å². The highest BCUT2D eigenvalue weighted by Gasteiger charge is 2.22. The molecule has 2 aromatic rings. The van der Waals surface area contributed by atoms with Crippen molar-refractivity contribution >= 4 is 17.4 Å². The van der Waals surface area contributed by atoms with Crippen molar-refractivity contribution in [3.63, 3.8) is 0 Å². The third-order valence-electron chi connectivity index (χ3n) is 5.59. The zero-order valence-electron chi connectivity index (χ0n) is 16.3. The maximum Gasteiger partial charge on any atom is 0.271 e. The van der Waals surface area contributed by atoms with Gasteiger partial charge in [-0.25, -0.2) is 9.97 Å². The molecule has 1 N–H and O–H groups in total. The summed E-state index contributed by atoms with van der Waals surface area (Å²) in [7, 11) is 1.70. The number of rotatable bonds is 5. The fraction of sp³-hybridized carbons (Fsp3) is 0.476. The number of carbonyl (C=O) groups excluding carboxylic acids is 1. The summed E-state index contributed by atoms with van der Waals surface area (Å²) in [5, 5.41) is 3.06. The Morgan fingerprint density at radius 2 is 1.75 bits per heavy atom. The molecule has 28 heavy (non-hydrogen) atoms. The predicted molar refractivity (Wildman–Crippen MR) is 109 cm³/mol. The number of nitrogens with zero attached hydrogens (tertiary/aromatic N) is 4. The van der Waals surface area contributed by atoms with E-state index in [2.05, 4.69) is 31.2 Å². The first kappa shape index (κ1) is 18.5. The van der Waals surface area contributed by atoms with E-state index in [1.54, 1.807) is 19.5 Å². The molecule has 7 heteroatoms. The zero-order valence-corrected chi connectivity index (χ0v) is 16.3. The molecule has 0 atom stereocenters. The number of aromatic nitrogens is 2. The average Bonchev–Trinajstić information content (AvgIpc) is 3.27. The Balaban J connectivity index is 1.35.